The Morgan fingerprint density at radius 1 is 1.32 bits per heavy atom. The lowest BCUT2D eigenvalue weighted by Gasteiger charge is -2.16. The van der Waals surface area contributed by atoms with Gasteiger partial charge in [-0.3, -0.25) is 9.59 Å². The van der Waals surface area contributed by atoms with Crippen LogP contribution in [0.3, 0.4) is 0 Å². The summed E-state index contributed by atoms with van der Waals surface area (Å²) in [5.74, 6) is -0.0231. The van der Waals surface area contributed by atoms with Gasteiger partial charge in [0, 0.05) is 23.7 Å². The number of benzene rings is 1. The number of aryl methyl sites for hydroxylation is 2. The van der Waals surface area contributed by atoms with Crippen LogP contribution in [0.5, 0.6) is 0 Å². The van der Waals surface area contributed by atoms with E-state index in [1.54, 1.807) is 6.20 Å². The molecule has 1 aromatic heterocycles. The molecule has 0 aliphatic carbocycles. The minimum Gasteiger partial charge on any atom is -0.352 e. The first-order chi connectivity index (χ1) is 10.4. The molecule has 1 heterocycles. The summed E-state index contributed by atoms with van der Waals surface area (Å²) in [6.07, 6.45) is 3.71. The standard InChI is InChI=1S/C18H24N2O2/c1-5-6-14(4)19-17(22)11-20-8-7-16(21)18-13(3)9-12(2)10-15(18)20/h7-10,14H,5-6,11H2,1-4H3,(H,19,22). The Hall–Kier alpha value is -2.10. The summed E-state index contributed by atoms with van der Waals surface area (Å²) in [6, 6.07) is 5.67. The van der Waals surface area contributed by atoms with Crippen LogP contribution in [0.1, 0.15) is 37.8 Å². The maximum Gasteiger partial charge on any atom is 0.240 e. The molecule has 2 rings (SSSR count). The van der Waals surface area contributed by atoms with Gasteiger partial charge in [-0.15, -0.1) is 0 Å². The van der Waals surface area contributed by atoms with Crippen LogP contribution in [0.4, 0.5) is 0 Å². The summed E-state index contributed by atoms with van der Waals surface area (Å²) in [5, 5.41) is 3.70. The molecule has 118 valence electrons. The van der Waals surface area contributed by atoms with Gasteiger partial charge in [-0.25, -0.2) is 0 Å². The Labute approximate surface area is 131 Å². The van der Waals surface area contributed by atoms with Crippen LogP contribution in [-0.4, -0.2) is 16.5 Å². The third-order valence-electron chi connectivity index (χ3n) is 3.86. The van der Waals surface area contributed by atoms with Crippen molar-refractivity contribution in [3.05, 3.63) is 45.7 Å². The zero-order valence-corrected chi connectivity index (χ0v) is 13.8. The fourth-order valence-electron chi connectivity index (χ4n) is 2.93. The van der Waals surface area contributed by atoms with E-state index in [4.69, 9.17) is 0 Å². The second-order valence-corrected chi connectivity index (χ2v) is 6.04. The van der Waals surface area contributed by atoms with Gasteiger partial charge >= 0.3 is 0 Å². The topological polar surface area (TPSA) is 51.1 Å². The zero-order valence-electron chi connectivity index (χ0n) is 13.8. The van der Waals surface area contributed by atoms with Crippen LogP contribution in [-0.2, 0) is 11.3 Å². The van der Waals surface area contributed by atoms with Gasteiger partial charge in [0.1, 0.15) is 6.54 Å². The largest absolute Gasteiger partial charge is 0.352 e. The van der Waals surface area contributed by atoms with Crippen molar-refractivity contribution in [3.63, 3.8) is 0 Å². The van der Waals surface area contributed by atoms with E-state index in [9.17, 15) is 9.59 Å². The summed E-state index contributed by atoms with van der Waals surface area (Å²) in [5.41, 5.74) is 2.87. The van der Waals surface area contributed by atoms with Gasteiger partial charge in [0.25, 0.3) is 0 Å². The lowest BCUT2D eigenvalue weighted by atomic mass is 10.1. The van der Waals surface area contributed by atoms with E-state index in [-0.39, 0.29) is 23.9 Å². The van der Waals surface area contributed by atoms with Crippen molar-refractivity contribution in [3.8, 4) is 0 Å². The van der Waals surface area contributed by atoms with E-state index in [2.05, 4.69) is 12.2 Å². The first kappa shape index (κ1) is 16.3. The third-order valence-corrected chi connectivity index (χ3v) is 3.86. The van der Waals surface area contributed by atoms with Gasteiger partial charge in [0.15, 0.2) is 5.43 Å². The summed E-state index contributed by atoms with van der Waals surface area (Å²) in [4.78, 5) is 24.3. The number of nitrogens with zero attached hydrogens (tertiary/aromatic N) is 1. The zero-order chi connectivity index (χ0) is 16.3. The van der Waals surface area contributed by atoms with Crippen LogP contribution in [0.15, 0.2) is 29.2 Å². The Morgan fingerprint density at radius 3 is 2.73 bits per heavy atom. The maximum atomic E-state index is 12.2. The predicted octanol–water partition coefficient (Wildman–Crippen LogP) is 2.92. The van der Waals surface area contributed by atoms with Crippen molar-refractivity contribution in [1.82, 2.24) is 9.88 Å². The average Bonchev–Trinajstić information content (AvgIpc) is 2.41. The molecule has 1 amide bonds. The molecule has 0 fully saturated rings. The first-order valence-corrected chi connectivity index (χ1v) is 7.82. The minimum absolute atomic E-state index is 0.00325. The molecular weight excluding hydrogens is 276 g/mol. The Morgan fingerprint density at radius 2 is 2.05 bits per heavy atom. The number of hydrogen-bond acceptors (Lipinski definition) is 2. The Bertz CT molecular complexity index is 747. The number of carbonyl (C=O) groups is 1. The maximum absolute atomic E-state index is 12.2. The van der Waals surface area contributed by atoms with E-state index >= 15 is 0 Å². The molecule has 0 saturated heterocycles. The number of carbonyl (C=O) groups excluding carboxylic acids is 1. The lowest BCUT2D eigenvalue weighted by Crippen LogP contribution is -2.35. The molecule has 1 aromatic carbocycles. The highest BCUT2D eigenvalue weighted by Gasteiger charge is 2.11. The molecule has 4 nitrogen and oxygen atoms in total. The molecular formula is C18H24N2O2. The number of amides is 1. The molecule has 0 radical (unpaired) electrons. The number of pyridine rings is 1. The van der Waals surface area contributed by atoms with E-state index in [0.717, 1.165) is 29.5 Å². The molecule has 0 spiro atoms. The first-order valence-electron chi connectivity index (χ1n) is 7.82. The van der Waals surface area contributed by atoms with Crippen molar-refractivity contribution >= 4 is 16.8 Å². The minimum atomic E-state index is -0.0231. The van der Waals surface area contributed by atoms with Crippen molar-refractivity contribution < 1.29 is 4.79 Å². The number of hydrogen-bond donors (Lipinski definition) is 1. The van der Waals surface area contributed by atoms with Crippen LogP contribution in [0.25, 0.3) is 10.9 Å². The van der Waals surface area contributed by atoms with Gasteiger partial charge in [0.2, 0.25) is 5.91 Å². The molecule has 1 atom stereocenters. The van der Waals surface area contributed by atoms with Crippen LogP contribution in [0, 0.1) is 13.8 Å². The van der Waals surface area contributed by atoms with Crippen molar-refractivity contribution in [2.45, 2.75) is 53.1 Å². The van der Waals surface area contributed by atoms with Gasteiger partial charge < -0.3 is 9.88 Å². The highest BCUT2D eigenvalue weighted by molar-refractivity contribution is 5.85. The monoisotopic (exact) mass is 300 g/mol. The molecule has 0 bridgehead atoms. The average molecular weight is 300 g/mol. The van der Waals surface area contributed by atoms with E-state index in [1.807, 2.05) is 37.5 Å². The molecule has 0 saturated carbocycles. The fourth-order valence-corrected chi connectivity index (χ4v) is 2.93. The quantitative estimate of drug-likeness (QED) is 0.923. The summed E-state index contributed by atoms with van der Waals surface area (Å²) in [6.45, 7) is 8.28. The molecule has 0 aliphatic heterocycles. The van der Waals surface area contributed by atoms with Gasteiger partial charge in [-0.05, 0) is 44.4 Å². The molecule has 0 aliphatic rings. The predicted molar refractivity (Wildman–Crippen MR) is 90.2 cm³/mol. The van der Waals surface area contributed by atoms with Gasteiger partial charge in [0.05, 0.1) is 5.52 Å². The van der Waals surface area contributed by atoms with Crippen LogP contribution in [0.2, 0.25) is 0 Å². The van der Waals surface area contributed by atoms with Gasteiger partial charge in [-0.1, -0.05) is 19.4 Å². The van der Waals surface area contributed by atoms with Crippen molar-refractivity contribution in [1.29, 1.82) is 0 Å². The van der Waals surface area contributed by atoms with E-state index in [0.29, 0.717) is 5.39 Å². The number of fused-ring (bicyclic) bond motifs is 1. The number of rotatable bonds is 5. The number of nitrogens with one attached hydrogen (secondary N) is 1. The van der Waals surface area contributed by atoms with Crippen LogP contribution >= 0.6 is 0 Å². The van der Waals surface area contributed by atoms with E-state index < -0.39 is 0 Å². The van der Waals surface area contributed by atoms with Crippen molar-refractivity contribution in [2.75, 3.05) is 0 Å². The highest BCUT2D eigenvalue weighted by atomic mass is 16.2. The third kappa shape index (κ3) is 3.56. The fraction of sp³-hybridized carbons (Fsp3) is 0.444. The molecule has 22 heavy (non-hydrogen) atoms. The van der Waals surface area contributed by atoms with Crippen molar-refractivity contribution in [2.24, 2.45) is 0 Å². The lowest BCUT2D eigenvalue weighted by molar-refractivity contribution is -0.122. The smallest absolute Gasteiger partial charge is 0.240 e. The molecule has 4 heteroatoms. The van der Waals surface area contributed by atoms with E-state index in [1.165, 1.54) is 6.07 Å². The summed E-state index contributed by atoms with van der Waals surface area (Å²) >= 11 is 0. The Kier molecular flexibility index (Phi) is 5.01. The second kappa shape index (κ2) is 6.77. The SMILES string of the molecule is CCCC(C)NC(=O)Cn1ccc(=O)c2c(C)cc(C)cc21. The van der Waals surface area contributed by atoms with Crippen LogP contribution < -0.4 is 10.7 Å². The Balaban J connectivity index is 2.34. The molecule has 1 N–H and O–H groups in total. The summed E-state index contributed by atoms with van der Waals surface area (Å²) in [7, 11) is 0. The number of aromatic nitrogens is 1. The normalized spacial score (nSPS) is 12.4. The summed E-state index contributed by atoms with van der Waals surface area (Å²) < 4.78 is 1.85. The van der Waals surface area contributed by atoms with Gasteiger partial charge in [-0.2, -0.15) is 0 Å². The second-order valence-electron chi connectivity index (χ2n) is 6.04. The molecule has 1 unspecified atom stereocenters. The highest BCUT2D eigenvalue weighted by Crippen LogP contribution is 2.17. The molecule has 2 aromatic rings.